The fourth-order valence-corrected chi connectivity index (χ4v) is 7.20. The Bertz CT molecular complexity index is 1210. The van der Waals surface area contributed by atoms with Gasteiger partial charge in [-0.3, -0.25) is 9.69 Å². The lowest BCUT2D eigenvalue weighted by Crippen LogP contribution is -2.52. The largest absolute Gasteiger partial charge is 0.497 e. The summed E-state index contributed by atoms with van der Waals surface area (Å²) in [6, 6.07) is 12.0. The van der Waals surface area contributed by atoms with Crippen molar-refractivity contribution in [1.82, 2.24) is 14.1 Å². The average Bonchev–Trinajstić information content (AvgIpc) is 2.92. The van der Waals surface area contributed by atoms with Gasteiger partial charge in [0.1, 0.15) is 5.75 Å². The van der Waals surface area contributed by atoms with Gasteiger partial charge in [0.2, 0.25) is 15.9 Å². The van der Waals surface area contributed by atoms with Gasteiger partial charge in [-0.05, 0) is 81.3 Å². The number of piperazine rings is 1. The average molecular weight is 558 g/mol. The van der Waals surface area contributed by atoms with E-state index >= 15 is 0 Å². The van der Waals surface area contributed by atoms with Crippen LogP contribution in [0.15, 0.2) is 41.3 Å². The molecule has 0 atom stereocenters. The number of carbonyl (C=O) groups is 1. The highest BCUT2D eigenvalue weighted by Crippen LogP contribution is 2.28. The number of anilines is 2. The van der Waals surface area contributed by atoms with Crippen LogP contribution >= 0.6 is 0 Å². The lowest BCUT2D eigenvalue weighted by Gasteiger charge is -2.42. The highest BCUT2D eigenvalue weighted by atomic mass is 32.2. The molecule has 39 heavy (non-hydrogen) atoms. The molecule has 0 saturated carbocycles. The van der Waals surface area contributed by atoms with E-state index < -0.39 is 10.0 Å². The van der Waals surface area contributed by atoms with Gasteiger partial charge in [-0.2, -0.15) is 0 Å². The predicted molar refractivity (Wildman–Crippen MR) is 156 cm³/mol. The van der Waals surface area contributed by atoms with Crippen LogP contribution in [0.25, 0.3) is 0 Å². The molecular weight excluding hydrogens is 514 g/mol. The monoisotopic (exact) mass is 557 g/mol. The Labute approximate surface area is 233 Å². The molecule has 2 aromatic rings. The normalized spacial score (nSPS) is 17.9. The number of piperidine rings is 1. The van der Waals surface area contributed by atoms with Crippen LogP contribution < -0.4 is 15.0 Å². The van der Waals surface area contributed by atoms with E-state index in [1.165, 1.54) is 29.9 Å². The standard InChI is InChI=1S/C29H43N5O4S/c1-22-20-27(38-5)21-23(2)29(22)39(36,37)32(4)13-12-28(35)30-24-6-8-25(9-7-24)33-14-10-26(11-15-33)34-18-16-31(3)17-19-34/h6-9,20-21,26H,10-19H2,1-5H3,(H,30,35). The first-order valence-electron chi connectivity index (χ1n) is 13.8. The van der Waals surface area contributed by atoms with Crippen LogP contribution in [-0.2, 0) is 14.8 Å². The van der Waals surface area contributed by atoms with Crippen molar-refractivity contribution in [3.8, 4) is 5.75 Å². The summed E-state index contributed by atoms with van der Waals surface area (Å²) in [4.78, 5) is 20.4. The van der Waals surface area contributed by atoms with Gasteiger partial charge in [-0.15, -0.1) is 0 Å². The zero-order valence-electron chi connectivity index (χ0n) is 23.9. The zero-order chi connectivity index (χ0) is 28.2. The molecule has 0 aliphatic carbocycles. The Balaban J connectivity index is 1.26. The molecule has 2 saturated heterocycles. The first-order valence-corrected chi connectivity index (χ1v) is 15.2. The number of nitrogens with one attached hydrogen (secondary N) is 1. The summed E-state index contributed by atoms with van der Waals surface area (Å²) in [6.07, 6.45) is 2.41. The van der Waals surface area contributed by atoms with E-state index in [0.717, 1.165) is 39.3 Å². The Morgan fingerprint density at radius 2 is 1.59 bits per heavy atom. The van der Waals surface area contributed by atoms with E-state index in [9.17, 15) is 13.2 Å². The number of hydrogen-bond acceptors (Lipinski definition) is 7. The van der Waals surface area contributed by atoms with Crippen LogP contribution in [0, 0.1) is 13.8 Å². The van der Waals surface area contributed by atoms with Gasteiger partial charge in [-0.1, -0.05) is 0 Å². The second-order valence-corrected chi connectivity index (χ2v) is 12.8. The molecule has 1 amide bonds. The molecule has 214 valence electrons. The molecule has 0 unspecified atom stereocenters. The molecule has 2 aromatic carbocycles. The van der Waals surface area contributed by atoms with Crippen molar-refractivity contribution in [3.63, 3.8) is 0 Å². The maximum atomic E-state index is 13.2. The van der Waals surface area contributed by atoms with Crippen LogP contribution in [0.3, 0.4) is 0 Å². The first-order chi connectivity index (χ1) is 18.6. The number of likely N-dealkylation sites (N-methyl/N-ethyl adjacent to an activating group) is 1. The van der Waals surface area contributed by atoms with Crippen molar-refractivity contribution in [3.05, 3.63) is 47.5 Å². The highest BCUT2D eigenvalue weighted by molar-refractivity contribution is 7.89. The van der Waals surface area contributed by atoms with Crippen LogP contribution in [0.2, 0.25) is 0 Å². The summed E-state index contributed by atoms with van der Waals surface area (Å²) < 4.78 is 32.9. The molecule has 4 rings (SSSR count). The number of benzene rings is 2. The maximum Gasteiger partial charge on any atom is 0.243 e. The van der Waals surface area contributed by atoms with Crippen molar-refractivity contribution >= 4 is 27.3 Å². The van der Waals surface area contributed by atoms with Crippen LogP contribution in [0.4, 0.5) is 11.4 Å². The summed E-state index contributed by atoms with van der Waals surface area (Å²) >= 11 is 0. The Hall–Kier alpha value is -2.66. The third kappa shape index (κ3) is 7.11. The Morgan fingerprint density at radius 3 is 2.15 bits per heavy atom. The number of methoxy groups -OCH3 is 1. The first kappa shape index (κ1) is 29.3. The van der Waals surface area contributed by atoms with Crippen molar-refractivity contribution in [2.24, 2.45) is 0 Å². The molecule has 2 fully saturated rings. The fraction of sp³-hybridized carbons (Fsp3) is 0.552. The van der Waals surface area contributed by atoms with Crippen molar-refractivity contribution in [1.29, 1.82) is 0 Å². The number of hydrogen-bond donors (Lipinski definition) is 1. The smallest absolute Gasteiger partial charge is 0.243 e. The second-order valence-electron chi connectivity index (χ2n) is 10.8. The van der Waals surface area contributed by atoms with Gasteiger partial charge in [0.05, 0.1) is 12.0 Å². The summed E-state index contributed by atoms with van der Waals surface area (Å²) in [7, 11) is 1.52. The zero-order valence-corrected chi connectivity index (χ0v) is 24.8. The third-order valence-electron chi connectivity index (χ3n) is 8.03. The minimum absolute atomic E-state index is 0.0610. The van der Waals surface area contributed by atoms with E-state index in [1.54, 1.807) is 33.1 Å². The third-order valence-corrected chi connectivity index (χ3v) is 10.2. The second kappa shape index (κ2) is 12.7. The van der Waals surface area contributed by atoms with Gasteiger partial charge >= 0.3 is 0 Å². The van der Waals surface area contributed by atoms with E-state index in [0.29, 0.717) is 28.6 Å². The van der Waals surface area contributed by atoms with E-state index in [4.69, 9.17) is 4.74 Å². The van der Waals surface area contributed by atoms with Crippen LogP contribution in [0.1, 0.15) is 30.4 Å². The summed E-state index contributed by atoms with van der Waals surface area (Å²) in [5.41, 5.74) is 3.11. The molecule has 1 N–H and O–H groups in total. The molecule has 10 heteroatoms. The number of nitrogens with zero attached hydrogens (tertiary/aromatic N) is 4. The SMILES string of the molecule is COc1cc(C)c(S(=O)(=O)N(C)CCC(=O)Nc2ccc(N3CCC(N4CCN(C)CC4)CC3)cc2)c(C)c1. The molecule has 0 radical (unpaired) electrons. The Kier molecular flexibility index (Phi) is 9.53. The molecule has 0 aromatic heterocycles. The van der Waals surface area contributed by atoms with Crippen molar-refractivity contribution in [2.75, 3.05) is 77.2 Å². The summed E-state index contributed by atoms with van der Waals surface area (Å²) in [5.74, 6) is 0.396. The van der Waals surface area contributed by atoms with E-state index in [1.807, 2.05) is 12.1 Å². The van der Waals surface area contributed by atoms with Gasteiger partial charge < -0.3 is 19.9 Å². The molecule has 2 heterocycles. The lowest BCUT2D eigenvalue weighted by molar-refractivity contribution is -0.116. The van der Waals surface area contributed by atoms with Crippen LogP contribution in [0.5, 0.6) is 5.75 Å². The Morgan fingerprint density at radius 1 is 1.00 bits per heavy atom. The molecular formula is C29H43N5O4S. The number of ether oxygens (including phenoxy) is 1. The molecule has 2 aliphatic heterocycles. The predicted octanol–water partition coefficient (Wildman–Crippen LogP) is 3.18. The lowest BCUT2D eigenvalue weighted by atomic mass is 10.0. The number of rotatable bonds is 9. The number of sulfonamides is 1. The van der Waals surface area contributed by atoms with Crippen LogP contribution in [-0.4, -0.2) is 101 Å². The quantitative estimate of drug-likeness (QED) is 0.507. The molecule has 2 aliphatic rings. The number of carbonyl (C=O) groups excluding carboxylic acids is 1. The molecule has 0 spiro atoms. The molecule has 9 nitrogen and oxygen atoms in total. The molecule has 0 bridgehead atoms. The van der Waals surface area contributed by atoms with E-state index in [2.05, 4.69) is 39.2 Å². The number of amides is 1. The van der Waals surface area contributed by atoms with Gasteiger partial charge in [0, 0.05) is 76.7 Å². The maximum absolute atomic E-state index is 13.2. The van der Waals surface area contributed by atoms with E-state index in [-0.39, 0.29) is 23.8 Å². The minimum atomic E-state index is -3.74. The summed E-state index contributed by atoms with van der Waals surface area (Å²) in [6.45, 7) is 10.3. The van der Waals surface area contributed by atoms with Gasteiger partial charge in [0.15, 0.2) is 0 Å². The summed E-state index contributed by atoms with van der Waals surface area (Å²) in [5, 5.41) is 2.90. The number of aryl methyl sites for hydroxylation is 2. The highest BCUT2D eigenvalue weighted by Gasteiger charge is 2.27. The van der Waals surface area contributed by atoms with Crippen molar-refractivity contribution in [2.45, 2.75) is 44.0 Å². The topological polar surface area (TPSA) is 85.4 Å². The van der Waals surface area contributed by atoms with Gasteiger partial charge in [0.25, 0.3) is 0 Å². The van der Waals surface area contributed by atoms with Gasteiger partial charge in [-0.25, -0.2) is 12.7 Å². The fourth-order valence-electron chi connectivity index (χ4n) is 5.63. The van der Waals surface area contributed by atoms with Crippen molar-refractivity contribution < 1.29 is 17.9 Å². The minimum Gasteiger partial charge on any atom is -0.497 e.